The van der Waals surface area contributed by atoms with Crippen molar-refractivity contribution >= 4 is 46.4 Å². The minimum atomic E-state index is -1.37. The van der Waals surface area contributed by atoms with Gasteiger partial charge in [-0.2, -0.15) is 11.8 Å². The highest BCUT2D eigenvalue weighted by Gasteiger charge is 2.31. The number of H-pyrrole nitrogens is 1. The zero-order valence-corrected chi connectivity index (χ0v) is 20.9. The van der Waals surface area contributed by atoms with Crippen LogP contribution in [-0.4, -0.2) is 88.2 Å². The molecule has 1 fully saturated rings. The Morgan fingerprint density at radius 1 is 1.08 bits per heavy atom. The van der Waals surface area contributed by atoms with Crippen molar-refractivity contribution in [2.24, 2.45) is 0 Å². The Bertz CT molecular complexity index is 1070. The molecule has 36 heavy (non-hydrogen) atoms. The lowest BCUT2D eigenvalue weighted by Gasteiger charge is -2.24. The summed E-state index contributed by atoms with van der Waals surface area (Å²) < 4.78 is 0. The smallest absolute Gasteiger partial charge is 0.326 e. The normalized spacial score (nSPS) is 17.8. The number of rotatable bonds is 13. The van der Waals surface area contributed by atoms with Crippen LogP contribution in [0.4, 0.5) is 0 Å². The average Bonchev–Trinajstić information content (AvgIpc) is 3.55. The standard InChI is InChI=1S/C24H33N5O6S/c1-36-10-8-18(27-21(31)17-7-4-9-25-17)22(32)29-20(13-30)23(33)28-19(24(34)35)11-14-12-26-16-6-3-2-5-15(14)16/h2-3,5-6,12,17-20,25-26,30H,4,7-11,13H2,1H3,(H,27,31)(H,28,33)(H,29,32)(H,34,35). The van der Waals surface area contributed by atoms with Crippen molar-refractivity contribution in [3.8, 4) is 0 Å². The molecule has 0 bridgehead atoms. The van der Waals surface area contributed by atoms with E-state index in [-0.39, 0.29) is 18.4 Å². The fourth-order valence-corrected chi connectivity index (χ4v) is 4.62. The summed E-state index contributed by atoms with van der Waals surface area (Å²) in [6.07, 6.45) is 5.46. The molecule has 12 heteroatoms. The van der Waals surface area contributed by atoms with Crippen molar-refractivity contribution in [2.45, 2.75) is 49.9 Å². The second-order valence-corrected chi connectivity index (χ2v) is 9.68. The maximum atomic E-state index is 12.9. The molecule has 1 aliphatic heterocycles. The summed E-state index contributed by atoms with van der Waals surface area (Å²) in [5, 5.41) is 31.0. The summed E-state index contributed by atoms with van der Waals surface area (Å²) in [6.45, 7) is 0.000185. The van der Waals surface area contributed by atoms with Crippen molar-refractivity contribution < 1.29 is 29.4 Å². The molecule has 11 nitrogen and oxygen atoms in total. The van der Waals surface area contributed by atoms with Crippen LogP contribution in [0.25, 0.3) is 10.9 Å². The SMILES string of the molecule is CSCCC(NC(=O)C1CCCN1)C(=O)NC(CO)C(=O)NC(Cc1c[nH]c2ccccc12)C(=O)O. The van der Waals surface area contributed by atoms with Gasteiger partial charge < -0.3 is 36.5 Å². The van der Waals surface area contributed by atoms with E-state index in [1.54, 1.807) is 6.20 Å². The molecule has 0 radical (unpaired) electrons. The fraction of sp³-hybridized carbons (Fsp3) is 0.500. The number of hydrogen-bond acceptors (Lipinski definition) is 7. The number of carboxylic acid groups (broad SMARTS) is 1. The molecule has 4 unspecified atom stereocenters. The van der Waals surface area contributed by atoms with E-state index < -0.39 is 42.5 Å². The molecule has 1 aromatic heterocycles. The Morgan fingerprint density at radius 3 is 2.47 bits per heavy atom. The van der Waals surface area contributed by atoms with Gasteiger partial charge in [-0.25, -0.2) is 4.79 Å². The lowest BCUT2D eigenvalue weighted by molar-refractivity contribution is -0.142. The highest BCUT2D eigenvalue weighted by molar-refractivity contribution is 7.98. The van der Waals surface area contributed by atoms with Gasteiger partial charge in [0, 0.05) is 23.5 Å². The molecule has 0 spiro atoms. The number of aromatic amines is 1. The molecular formula is C24H33N5O6S. The maximum absolute atomic E-state index is 12.9. The van der Waals surface area contributed by atoms with Crippen LogP contribution in [0.1, 0.15) is 24.8 Å². The third-order valence-corrected chi connectivity index (χ3v) is 6.79. The molecule has 7 N–H and O–H groups in total. The maximum Gasteiger partial charge on any atom is 0.326 e. The predicted molar refractivity (Wildman–Crippen MR) is 137 cm³/mol. The van der Waals surface area contributed by atoms with Crippen LogP contribution < -0.4 is 21.3 Å². The second-order valence-electron chi connectivity index (χ2n) is 8.70. The van der Waals surface area contributed by atoms with Crippen LogP contribution in [0, 0.1) is 0 Å². The number of benzene rings is 1. The number of fused-ring (bicyclic) bond motifs is 1. The van der Waals surface area contributed by atoms with E-state index in [2.05, 4.69) is 26.3 Å². The first kappa shape index (κ1) is 27.5. The summed E-state index contributed by atoms with van der Waals surface area (Å²) >= 11 is 1.51. The number of carbonyl (C=O) groups is 4. The zero-order chi connectivity index (χ0) is 26.1. The zero-order valence-electron chi connectivity index (χ0n) is 20.1. The van der Waals surface area contributed by atoms with Gasteiger partial charge in [-0.05, 0) is 49.4 Å². The lowest BCUT2D eigenvalue weighted by Crippen LogP contribution is -2.58. The van der Waals surface area contributed by atoms with Gasteiger partial charge in [0.1, 0.15) is 18.1 Å². The number of thioether (sulfide) groups is 1. The van der Waals surface area contributed by atoms with E-state index in [4.69, 9.17) is 0 Å². The molecule has 3 amide bonds. The third kappa shape index (κ3) is 7.21. The first-order valence-corrected chi connectivity index (χ1v) is 13.3. The summed E-state index contributed by atoms with van der Waals surface area (Å²) in [6, 6.07) is 3.49. The Kier molecular flexibility index (Phi) is 10.1. The Labute approximate surface area is 213 Å². The van der Waals surface area contributed by atoms with Gasteiger partial charge in [0.2, 0.25) is 17.7 Å². The van der Waals surface area contributed by atoms with E-state index in [0.29, 0.717) is 24.2 Å². The molecule has 2 heterocycles. The van der Waals surface area contributed by atoms with Gasteiger partial charge in [-0.15, -0.1) is 0 Å². The third-order valence-electron chi connectivity index (χ3n) is 6.15. The van der Waals surface area contributed by atoms with Crippen LogP contribution in [0.2, 0.25) is 0 Å². The first-order chi connectivity index (χ1) is 17.3. The number of amides is 3. The van der Waals surface area contributed by atoms with E-state index >= 15 is 0 Å². The quantitative estimate of drug-likeness (QED) is 0.190. The molecule has 2 aromatic rings. The van der Waals surface area contributed by atoms with E-state index in [1.165, 1.54) is 11.8 Å². The highest BCUT2D eigenvalue weighted by atomic mass is 32.2. The summed E-state index contributed by atoms with van der Waals surface area (Å²) in [4.78, 5) is 53.2. The van der Waals surface area contributed by atoms with E-state index in [9.17, 15) is 29.4 Å². The van der Waals surface area contributed by atoms with Gasteiger partial charge in [-0.1, -0.05) is 18.2 Å². The number of para-hydroxylation sites is 1. The molecule has 0 saturated carbocycles. The fourth-order valence-electron chi connectivity index (χ4n) is 4.14. The van der Waals surface area contributed by atoms with Crippen LogP contribution in [0.3, 0.4) is 0 Å². The Balaban J connectivity index is 1.64. The van der Waals surface area contributed by atoms with Gasteiger partial charge >= 0.3 is 5.97 Å². The molecule has 4 atom stereocenters. The second kappa shape index (κ2) is 13.3. The van der Waals surface area contributed by atoms with Crippen molar-refractivity contribution in [2.75, 3.05) is 25.2 Å². The van der Waals surface area contributed by atoms with Gasteiger partial charge in [0.05, 0.1) is 12.6 Å². The van der Waals surface area contributed by atoms with E-state index in [1.807, 2.05) is 30.5 Å². The number of nitrogens with one attached hydrogen (secondary N) is 5. The molecule has 1 aliphatic rings. The van der Waals surface area contributed by atoms with Crippen molar-refractivity contribution in [3.63, 3.8) is 0 Å². The van der Waals surface area contributed by atoms with Crippen LogP contribution in [0.5, 0.6) is 0 Å². The molecule has 196 valence electrons. The number of carboxylic acids is 1. The largest absolute Gasteiger partial charge is 0.480 e. The molecule has 0 aliphatic carbocycles. The first-order valence-electron chi connectivity index (χ1n) is 11.9. The Morgan fingerprint density at radius 2 is 1.81 bits per heavy atom. The van der Waals surface area contributed by atoms with Gasteiger partial charge in [-0.3, -0.25) is 14.4 Å². The molecule has 1 saturated heterocycles. The van der Waals surface area contributed by atoms with Crippen LogP contribution >= 0.6 is 11.8 Å². The number of carbonyl (C=O) groups excluding carboxylic acids is 3. The minimum Gasteiger partial charge on any atom is -0.480 e. The number of aliphatic carboxylic acids is 1. The van der Waals surface area contributed by atoms with Crippen molar-refractivity contribution in [3.05, 3.63) is 36.0 Å². The molecular weight excluding hydrogens is 486 g/mol. The van der Waals surface area contributed by atoms with Gasteiger partial charge in [0.25, 0.3) is 0 Å². The van der Waals surface area contributed by atoms with Gasteiger partial charge in [0.15, 0.2) is 0 Å². The molecule has 3 rings (SSSR count). The monoisotopic (exact) mass is 519 g/mol. The number of aliphatic hydroxyl groups excluding tert-OH is 1. The topological polar surface area (TPSA) is 173 Å². The number of aliphatic hydroxyl groups is 1. The predicted octanol–water partition coefficient (Wildman–Crippen LogP) is -0.253. The summed E-state index contributed by atoms with van der Waals surface area (Å²) in [7, 11) is 0. The van der Waals surface area contributed by atoms with Crippen LogP contribution in [-0.2, 0) is 25.6 Å². The number of hydrogen-bond donors (Lipinski definition) is 7. The van der Waals surface area contributed by atoms with Crippen molar-refractivity contribution in [1.29, 1.82) is 0 Å². The lowest BCUT2D eigenvalue weighted by atomic mass is 10.0. The summed E-state index contributed by atoms with van der Waals surface area (Å²) in [5.74, 6) is -2.38. The average molecular weight is 520 g/mol. The van der Waals surface area contributed by atoms with E-state index in [0.717, 1.165) is 23.9 Å². The number of aromatic nitrogens is 1. The van der Waals surface area contributed by atoms with Crippen molar-refractivity contribution in [1.82, 2.24) is 26.3 Å². The van der Waals surface area contributed by atoms with Crippen LogP contribution in [0.15, 0.2) is 30.5 Å². The summed E-state index contributed by atoms with van der Waals surface area (Å²) in [5.41, 5.74) is 1.55. The highest BCUT2D eigenvalue weighted by Crippen LogP contribution is 2.19. The molecule has 1 aromatic carbocycles. The minimum absolute atomic E-state index is 0.0119. The Hall–Kier alpha value is -3.09.